The van der Waals surface area contributed by atoms with Crippen LogP contribution in [0.2, 0.25) is 0 Å². The Kier molecular flexibility index (Phi) is 8.01. The molecule has 4 saturated carbocycles. The van der Waals surface area contributed by atoms with Crippen molar-refractivity contribution in [3.05, 3.63) is 229 Å². The van der Waals surface area contributed by atoms with Gasteiger partial charge >= 0.3 is 0 Å². The van der Waals surface area contributed by atoms with Gasteiger partial charge in [-0.3, -0.25) is 0 Å². The van der Waals surface area contributed by atoms with Crippen LogP contribution in [0.4, 0.5) is 0 Å². The molecule has 0 N–H and O–H groups in total. The SMILES string of the molecule is CC1(C)c2ccccc2-c2ccc(-n3c4ccccc4c4ccc(-c5ccc6c7ccccc7n(-c7cccc8c(-c9ccc%10c(c9)C9(c%11ccccc%11-%10)C%10CC%11CC(C%10)CC9C%11)cccc78)c6c5)cc43)cc21. The first-order chi connectivity index (χ1) is 35.9. The van der Waals surface area contributed by atoms with Crippen molar-refractivity contribution < 1.29 is 0 Å². The largest absolute Gasteiger partial charge is 0.309 e. The summed E-state index contributed by atoms with van der Waals surface area (Å²) in [6.07, 6.45) is 7.05. The van der Waals surface area contributed by atoms with E-state index in [0.29, 0.717) is 0 Å². The monoisotopic (exact) mass is 934 g/mol. The summed E-state index contributed by atoms with van der Waals surface area (Å²) in [6, 6.07) is 79.4. The molecule has 0 aliphatic heterocycles. The maximum Gasteiger partial charge on any atom is 0.0547 e. The molecule has 0 unspecified atom stereocenters. The number of benzene rings is 10. The lowest BCUT2D eigenvalue weighted by molar-refractivity contribution is -0.0399. The van der Waals surface area contributed by atoms with Crippen LogP contribution < -0.4 is 0 Å². The minimum absolute atomic E-state index is 0.0857. The lowest BCUT2D eigenvalue weighted by atomic mass is 9.43. The third kappa shape index (κ3) is 5.29. The van der Waals surface area contributed by atoms with Gasteiger partial charge in [-0.2, -0.15) is 0 Å². The third-order valence-electron chi connectivity index (χ3n) is 19.5. The second kappa shape index (κ2) is 14.4. The van der Waals surface area contributed by atoms with Crippen molar-refractivity contribution in [2.45, 2.75) is 56.8 Å². The van der Waals surface area contributed by atoms with E-state index < -0.39 is 0 Å². The van der Waals surface area contributed by atoms with E-state index in [1.165, 1.54) is 153 Å². The van der Waals surface area contributed by atoms with Crippen LogP contribution in [0.15, 0.2) is 206 Å². The maximum atomic E-state index is 2.66. The van der Waals surface area contributed by atoms with Crippen LogP contribution in [-0.2, 0) is 10.8 Å². The van der Waals surface area contributed by atoms with Gasteiger partial charge in [0.05, 0.1) is 27.8 Å². The van der Waals surface area contributed by atoms with Gasteiger partial charge < -0.3 is 9.13 Å². The molecule has 348 valence electrons. The number of aromatic nitrogens is 2. The molecular formula is C71H54N2. The van der Waals surface area contributed by atoms with Gasteiger partial charge in [0, 0.05) is 43.4 Å². The van der Waals surface area contributed by atoms with Crippen LogP contribution in [0.5, 0.6) is 0 Å². The summed E-state index contributed by atoms with van der Waals surface area (Å²) in [5.41, 5.74) is 24.1. The highest BCUT2D eigenvalue weighted by molar-refractivity contribution is 6.14. The van der Waals surface area contributed by atoms with Crippen LogP contribution in [0.1, 0.15) is 68.2 Å². The Hall–Kier alpha value is -7.94. The van der Waals surface area contributed by atoms with Crippen LogP contribution >= 0.6 is 0 Å². The molecule has 18 rings (SSSR count). The third-order valence-corrected chi connectivity index (χ3v) is 19.5. The second-order valence-corrected chi connectivity index (χ2v) is 23.2. The maximum absolute atomic E-state index is 2.66. The fourth-order valence-corrected chi connectivity index (χ4v) is 16.7. The minimum Gasteiger partial charge on any atom is -0.309 e. The van der Waals surface area contributed by atoms with Crippen LogP contribution in [0, 0.1) is 23.7 Å². The molecule has 10 aromatic carbocycles. The molecule has 1 spiro atoms. The standard InChI is InChI=1S/C71H54N2/c1-70(2)61-20-7-3-13-52(61)54-32-28-49(41-63(54)70)72-65-22-9-5-15-57(65)59-30-25-44(39-68(59)72)45-26-31-60-58-16-6-10-23-66(58)73(69(60)40-45)67-24-12-18-51-50(17-11-19-56(51)67)46-27-29-55-53-14-4-8-21-62(53)71(64(55)38-46)47-34-42-33-43(36-47)37-48(71)35-42/h3-32,38-43,47-48H,33-37H2,1-2H3. The van der Waals surface area contributed by atoms with Crippen molar-refractivity contribution in [2.24, 2.45) is 23.7 Å². The molecule has 0 atom stereocenters. The fourth-order valence-electron chi connectivity index (χ4n) is 16.7. The van der Waals surface area contributed by atoms with Crippen molar-refractivity contribution in [3.63, 3.8) is 0 Å². The van der Waals surface area contributed by atoms with Gasteiger partial charge in [-0.05, 0) is 176 Å². The zero-order valence-electron chi connectivity index (χ0n) is 41.4. The van der Waals surface area contributed by atoms with Crippen LogP contribution in [0.3, 0.4) is 0 Å². The topological polar surface area (TPSA) is 9.86 Å². The Bertz CT molecular complexity index is 4350. The fraction of sp³-hybridized carbons (Fsp3) is 0.183. The van der Waals surface area contributed by atoms with Crippen molar-refractivity contribution in [3.8, 4) is 55.9 Å². The average Bonchev–Trinajstić information content (AvgIpc) is 4.11. The van der Waals surface area contributed by atoms with Gasteiger partial charge in [-0.25, -0.2) is 0 Å². The predicted molar refractivity (Wildman–Crippen MR) is 304 cm³/mol. The summed E-state index contributed by atoms with van der Waals surface area (Å²) in [4.78, 5) is 0. The normalized spacial score (nSPS) is 21.7. The molecule has 0 amide bonds. The molecule has 2 nitrogen and oxygen atoms in total. The Labute approximate surface area is 426 Å². The number of hydrogen-bond acceptors (Lipinski definition) is 0. The van der Waals surface area contributed by atoms with E-state index >= 15 is 0 Å². The van der Waals surface area contributed by atoms with E-state index in [9.17, 15) is 0 Å². The van der Waals surface area contributed by atoms with E-state index in [1.54, 1.807) is 11.1 Å². The molecule has 0 radical (unpaired) electrons. The Balaban J connectivity index is 0.820. The zero-order chi connectivity index (χ0) is 47.9. The van der Waals surface area contributed by atoms with E-state index in [4.69, 9.17) is 0 Å². The van der Waals surface area contributed by atoms with Gasteiger partial charge in [0.15, 0.2) is 0 Å². The van der Waals surface area contributed by atoms with E-state index in [1.807, 2.05) is 0 Å². The lowest BCUT2D eigenvalue weighted by Crippen LogP contribution is -2.55. The van der Waals surface area contributed by atoms with Crippen molar-refractivity contribution >= 4 is 54.4 Å². The molecular weight excluding hydrogens is 881 g/mol. The molecule has 0 saturated heterocycles. The molecule has 4 bridgehead atoms. The van der Waals surface area contributed by atoms with Crippen LogP contribution in [-0.4, -0.2) is 9.13 Å². The molecule has 12 aromatic rings. The molecule has 73 heavy (non-hydrogen) atoms. The smallest absolute Gasteiger partial charge is 0.0547 e. The summed E-state index contributed by atoms with van der Waals surface area (Å²) in [5, 5.41) is 7.65. The number of rotatable bonds is 4. The molecule has 6 aliphatic rings. The summed E-state index contributed by atoms with van der Waals surface area (Å²) in [5.74, 6) is 3.32. The average molecular weight is 935 g/mol. The van der Waals surface area contributed by atoms with Gasteiger partial charge in [0.2, 0.25) is 0 Å². The summed E-state index contributed by atoms with van der Waals surface area (Å²) in [6.45, 7) is 4.75. The Morgan fingerprint density at radius 2 is 0.836 bits per heavy atom. The summed E-state index contributed by atoms with van der Waals surface area (Å²) >= 11 is 0. The highest BCUT2D eigenvalue weighted by atomic mass is 15.0. The van der Waals surface area contributed by atoms with Gasteiger partial charge in [-0.15, -0.1) is 0 Å². The van der Waals surface area contributed by atoms with E-state index in [-0.39, 0.29) is 10.8 Å². The number of nitrogens with zero attached hydrogens (tertiary/aromatic N) is 2. The number of fused-ring (bicyclic) bond motifs is 13. The first-order valence-electron chi connectivity index (χ1n) is 27.0. The van der Waals surface area contributed by atoms with Crippen LogP contribution in [0.25, 0.3) is 110 Å². The molecule has 2 heteroatoms. The summed E-state index contributed by atoms with van der Waals surface area (Å²) < 4.78 is 5.04. The summed E-state index contributed by atoms with van der Waals surface area (Å²) in [7, 11) is 0. The quantitative estimate of drug-likeness (QED) is 0.166. The first kappa shape index (κ1) is 40.6. The van der Waals surface area contributed by atoms with Crippen molar-refractivity contribution in [1.82, 2.24) is 9.13 Å². The molecule has 6 aliphatic carbocycles. The second-order valence-electron chi connectivity index (χ2n) is 23.2. The van der Waals surface area contributed by atoms with Crippen molar-refractivity contribution in [1.29, 1.82) is 0 Å². The number of para-hydroxylation sites is 2. The Morgan fingerprint density at radius 3 is 1.56 bits per heavy atom. The van der Waals surface area contributed by atoms with Gasteiger partial charge in [0.1, 0.15) is 0 Å². The molecule has 4 fully saturated rings. The minimum atomic E-state index is -0.0857. The van der Waals surface area contributed by atoms with E-state index in [0.717, 1.165) is 23.7 Å². The highest BCUT2D eigenvalue weighted by Crippen LogP contribution is 2.69. The van der Waals surface area contributed by atoms with Crippen molar-refractivity contribution in [2.75, 3.05) is 0 Å². The van der Waals surface area contributed by atoms with Gasteiger partial charge in [-0.1, -0.05) is 172 Å². The Morgan fingerprint density at radius 1 is 0.329 bits per heavy atom. The highest BCUT2D eigenvalue weighted by Gasteiger charge is 2.61. The number of hydrogen-bond donors (Lipinski definition) is 0. The predicted octanol–water partition coefficient (Wildman–Crippen LogP) is 18.4. The molecule has 2 aromatic heterocycles. The lowest BCUT2D eigenvalue weighted by Gasteiger charge is -2.61. The van der Waals surface area contributed by atoms with Gasteiger partial charge in [0.25, 0.3) is 0 Å². The first-order valence-corrected chi connectivity index (χ1v) is 27.0. The zero-order valence-corrected chi connectivity index (χ0v) is 41.4. The van der Waals surface area contributed by atoms with E-state index in [2.05, 4.69) is 229 Å². The molecule has 2 heterocycles.